The summed E-state index contributed by atoms with van der Waals surface area (Å²) in [6.45, 7) is 4.12. The highest BCUT2D eigenvalue weighted by Crippen LogP contribution is 2.26. The van der Waals surface area contributed by atoms with Gasteiger partial charge in [0.2, 0.25) is 0 Å². The van der Waals surface area contributed by atoms with Crippen LogP contribution in [0, 0.1) is 31.2 Å². The predicted molar refractivity (Wildman–Crippen MR) is 64.9 cm³/mol. The van der Waals surface area contributed by atoms with Gasteiger partial charge >= 0.3 is 0 Å². The van der Waals surface area contributed by atoms with Gasteiger partial charge in [0.25, 0.3) is 0 Å². The lowest BCUT2D eigenvalue weighted by atomic mass is 9.95. The van der Waals surface area contributed by atoms with Crippen LogP contribution < -0.4 is 0 Å². The van der Waals surface area contributed by atoms with E-state index in [0.717, 1.165) is 11.1 Å². The zero-order valence-corrected chi connectivity index (χ0v) is 9.41. The van der Waals surface area contributed by atoms with Gasteiger partial charge in [-0.2, -0.15) is 5.26 Å². The van der Waals surface area contributed by atoms with E-state index >= 15 is 0 Å². The summed E-state index contributed by atoms with van der Waals surface area (Å²) >= 11 is 0. The van der Waals surface area contributed by atoms with Crippen molar-refractivity contribution in [3.8, 4) is 17.2 Å². The van der Waals surface area contributed by atoms with Crippen molar-refractivity contribution >= 4 is 0 Å². The maximum atomic E-state index is 9.06. The van der Waals surface area contributed by atoms with E-state index < -0.39 is 0 Å². The number of aryl methyl sites for hydroxylation is 2. The molecule has 2 aromatic carbocycles. The molecule has 0 amide bonds. The second kappa shape index (κ2) is 4.20. The molecule has 0 aliphatic heterocycles. The average molecular weight is 206 g/mol. The van der Waals surface area contributed by atoms with Crippen molar-refractivity contribution in [3.63, 3.8) is 0 Å². The summed E-state index contributed by atoms with van der Waals surface area (Å²) in [7, 11) is 0. The Morgan fingerprint density at radius 2 is 1.94 bits per heavy atom. The Bertz CT molecular complexity index is 562. The Kier molecular flexibility index (Phi) is 2.74. The molecule has 0 bridgehead atoms. The van der Waals surface area contributed by atoms with E-state index in [4.69, 9.17) is 5.26 Å². The molecule has 0 spiro atoms. The molecule has 1 radical (unpaired) electrons. The second-order valence-corrected chi connectivity index (χ2v) is 3.89. The van der Waals surface area contributed by atoms with Crippen LogP contribution in [0.2, 0.25) is 0 Å². The maximum Gasteiger partial charge on any atom is 0.100 e. The number of benzene rings is 2. The van der Waals surface area contributed by atoms with Crippen LogP contribution >= 0.6 is 0 Å². The molecule has 0 aliphatic rings. The van der Waals surface area contributed by atoms with Gasteiger partial charge in [-0.1, -0.05) is 42.0 Å². The highest BCUT2D eigenvalue weighted by molar-refractivity contribution is 5.73. The van der Waals surface area contributed by atoms with E-state index in [1.165, 1.54) is 11.1 Å². The van der Waals surface area contributed by atoms with Gasteiger partial charge < -0.3 is 0 Å². The minimum absolute atomic E-state index is 0.608. The van der Waals surface area contributed by atoms with Crippen LogP contribution in [-0.4, -0.2) is 0 Å². The molecule has 0 unspecified atom stereocenters. The van der Waals surface area contributed by atoms with Crippen LogP contribution in [-0.2, 0) is 0 Å². The number of nitrogens with zero attached hydrogens (tertiary/aromatic N) is 1. The lowest BCUT2D eigenvalue weighted by Crippen LogP contribution is -1.88. The lowest BCUT2D eigenvalue weighted by molar-refractivity contribution is 1.38. The smallest absolute Gasteiger partial charge is 0.100 e. The zero-order chi connectivity index (χ0) is 11.5. The molecule has 2 aromatic rings. The normalized spacial score (nSPS) is 9.81. The number of hydrogen-bond acceptors (Lipinski definition) is 1. The van der Waals surface area contributed by atoms with Gasteiger partial charge in [-0.15, -0.1) is 0 Å². The summed E-state index contributed by atoms with van der Waals surface area (Å²) in [6.07, 6.45) is 0. The molecule has 2 rings (SSSR count). The standard InChI is InChI=1S/C15H12N/c1-11-7-8-12(2)15(9-11)14-6-4-3-5-13(14)10-16/h3-4,6-9H,1-2H3. The Morgan fingerprint density at radius 1 is 1.12 bits per heavy atom. The summed E-state index contributed by atoms with van der Waals surface area (Å²) in [6, 6.07) is 17.1. The van der Waals surface area contributed by atoms with Gasteiger partial charge in [0.05, 0.1) is 5.56 Å². The summed E-state index contributed by atoms with van der Waals surface area (Å²) in [5.74, 6) is 0. The second-order valence-electron chi connectivity index (χ2n) is 3.89. The molecule has 0 saturated heterocycles. The average Bonchev–Trinajstić information content (AvgIpc) is 2.32. The van der Waals surface area contributed by atoms with Crippen LogP contribution in [0.5, 0.6) is 0 Å². The Hall–Kier alpha value is -2.07. The Balaban J connectivity index is 2.68. The van der Waals surface area contributed by atoms with Crippen LogP contribution in [0.25, 0.3) is 11.1 Å². The van der Waals surface area contributed by atoms with Gasteiger partial charge in [0.15, 0.2) is 0 Å². The van der Waals surface area contributed by atoms with E-state index in [1.54, 1.807) is 6.07 Å². The molecule has 1 heteroatoms. The summed E-state index contributed by atoms with van der Waals surface area (Å²) in [5, 5.41) is 9.06. The van der Waals surface area contributed by atoms with Crippen molar-refractivity contribution < 1.29 is 0 Å². The molecule has 0 N–H and O–H groups in total. The minimum Gasteiger partial charge on any atom is -0.192 e. The molecular weight excluding hydrogens is 194 g/mol. The molecule has 0 aliphatic carbocycles. The highest BCUT2D eigenvalue weighted by atomic mass is 14.2. The fraction of sp³-hybridized carbons (Fsp3) is 0.133. The maximum absolute atomic E-state index is 9.06. The summed E-state index contributed by atoms with van der Waals surface area (Å²) in [4.78, 5) is 0. The topological polar surface area (TPSA) is 23.8 Å². The SMILES string of the molecule is Cc1ccc(C)c(-c2ccc[c]c2C#N)c1. The summed E-state index contributed by atoms with van der Waals surface area (Å²) in [5.41, 5.74) is 5.07. The molecule has 0 saturated carbocycles. The quantitative estimate of drug-likeness (QED) is 0.698. The van der Waals surface area contributed by atoms with E-state index in [2.05, 4.69) is 44.2 Å². The van der Waals surface area contributed by atoms with Gasteiger partial charge in [-0.25, -0.2) is 0 Å². The van der Waals surface area contributed by atoms with Crippen LogP contribution in [0.1, 0.15) is 16.7 Å². The third kappa shape index (κ3) is 1.83. The third-order valence-corrected chi connectivity index (χ3v) is 2.65. The van der Waals surface area contributed by atoms with E-state index in [1.807, 2.05) is 12.1 Å². The van der Waals surface area contributed by atoms with Crippen molar-refractivity contribution in [2.45, 2.75) is 13.8 Å². The van der Waals surface area contributed by atoms with Crippen molar-refractivity contribution in [1.29, 1.82) is 5.26 Å². The Morgan fingerprint density at radius 3 is 2.69 bits per heavy atom. The van der Waals surface area contributed by atoms with E-state index in [0.29, 0.717) is 5.56 Å². The fourth-order valence-electron chi connectivity index (χ4n) is 1.78. The van der Waals surface area contributed by atoms with Crippen LogP contribution in [0.4, 0.5) is 0 Å². The monoisotopic (exact) mass is 206 g/mol. The van der Waals surface area contributed by atoms with Crippen LogP contribution in [0.15, 0.2) is 36.4 Å². The molecule has 0 heterocycles. The van der Waals surface area contributed by atoms with Crippen molar-refractivity contribution in [3.05, 3.63) is 59.2 Å². The summed E-state index contributed by atoms with van der Waals surface area (Å²) < 4.78 is 0. The van der Waals surface area contributed by atoms with Crippen molar-refractivity contribution in [2.24, 2.45) is 0 Å². The van der Waals surface area contributed by atoms with Gasteiger partial charge in [0.1, 0.15) is 6.07 Å². The zero-order valence-electron chi connectivity index (χ0n) is 9.41. The molecule has 0 aromatic heterocycles. The first kappa shape index (κ1) is 10.4. The molecule has 16 heavy (non-hydrogen) atoms. The third-order valence-electron chi connectivity index (χ3n) is 2.65. The van der Waals surface area contributed by atoms with Gasteiger partial charge in [-0.3, -0.25) is 0 Å². The largest absolute Gasteiger partial charge is 0.192 e. The first-order valence-corrected chi connectivity index (χ1v) is 5.21. The van der Waals surface area contributed by atoms with E-state index in [9.17, 15) is 0 Å². The number of rotatable bonds is 1. The molecule has 1 nitrogen and oxygen atoms in total. The molecule has 0 fully saturated rings. The fourth-order valence-corrected chi connectivity index (χ4v) is 1.78. The first-order chi connectivity index (χ1) is 7.72. The highest BCUT2D eigenvalue weighted by Gasteiger charge is 2.06. The lowest BCUT2D eigenvalue weighted by Gasteiger charge is -2.08. The molecular formula is C15H12N. The molecule has 77 valence electrons. The van der Waals surface area contributed by atoms with Gasteiger partial charge in [0, 0.05) is 11.6 Å². The predicted octanol–water partition coefficient (Wildman–Crippen LogP) is 3.64. The van der Waals surface area contributed by atoms with Crippen molar-refractivity contribution in [1.82, 2.24) is 0 Å². The number of hydrogen-bond donors (Lipinski definition) is 0. The first-order valence-electron chi connectivity index (χ1n) is 5.21. The number of nitriles is 1. The molecule has 0 atom stereocenters. The van der Waals surface area contributed by atoms with Crippen molar-refractivity contribution in [2.75, 3.05) is 0 Å². The van der Waals surface area contributed by atoms with Gasteiger partial charge in [-0.05, 0) is 25.0 Å². The van der Waals surface area contributed by atoms with E-state index in [-0.39, 0.29) is 0 Å². The minimum atomic E-state index is 0.608. The van der Waals surface area contributed by atoms with Crippen LogP contribution in [0.3, 0.4) is 0 Å². The Labute approximate surface area is 96.0 Å².